The fraction of sp³-hybridized carbons (Fsp3) is 0.429. The molecule has 1 saturated carbocycles. The molecule has 1 fully saturated rings. The van der Waals surface area contributed by atoms with E-state index in [1.54, 1.807) is 0 Å². The minimum Gasteiger partial charge on any atom is -0.497 e. The number of nitrogens with two attached hydrogens (primary N) is 1. The average molecular weight is 332 g/mol. The Hall–Kier alpha value is -2.29. The molecule has 0 aliphatic heterocycles. The maximum atomic E-state index is 12.4. The van der Waals surface area contributed by atoms with Crippen LogP contribution in [-0.2, 0) is 9.63 Å². The summed E-state index contributed by atoms with van der Waals surface area (Å²) >= 11 is 0. The van der Waals surface area contributed by atoms with E-state index in [9.17, 15) is 22.8 Å². The molecule has 0 saturated heterocycles. The molecule has 1 aromatic carbocycles. The summed E-state index contributed by atoms with van der Waals surface area (Å²) in [7, 11) is 1.43. The smallest absolute Gasteiger partial charge is 0.493 e. The quantitative estimate of drug-likeness (QED) is 0.851. The lowest BCUT2D eigenvalue weighted by Crippen LogP contribution is -2.54. The predicted molar refractivity (Wildman–Crippen MR) is 72.3 cm³/mol. The number of ether oxygens (including phenoxy) is 1. The Balaban J connectivity index is 2.18. The van der Waals surface area contributed by atoms with E-state index in [2.05, 4.69) is 4.84 Å². The summed E-state index contributed by atoms with van der Waals surface area (Å²) in [6, 6.07) is 4.77. The van der Waals surface area contributed by atoms with Crippen LogP contribution in [0.5, 0.6) is 5.75 Å². The van der Waals surface area contributed by atoms with Gasteiger partial charge in [0.2, 0.25) is 0 Å². The molecule has 1 aromatic rings. The maximum absolute atomic E-state index is 12.4. The maximum Gasteiger partial charge on any atom is 0.493 e. The number of nitrogens with zero attached hydrogens (tertiary/aromatic N) is 1. The van der Waals surface area contributed by atoms with Crippen LogP contribution in [0.15, 0.2) is 24.3 Å². The van der Waals surface area contributed by atoms with Gasteiger partial charge in [-0.1, -0.05) is 0 Å². The average Bonchev–Trinajstić information content (AvgIpc) is 2.48. The lowest BCUT2D eigenvalue weighted by molar-refractivity contribution is -0.238. The Labute approximate surface area is 129 Å². The van der Waals surface area contributed by atoms with Gasteiger partial charge in [-0.3, -0.25) is 4.79 Å². The normalized spacial score (nSPS) is 20.4. The molecule has 1 aliphatic rings. The van der Waals surface area contributed by atoms with Crippen molar-refractivity contribution in [1.29, 1.82) is 0 Å². The number of methoxy groups -OCH3 is 1. The highest BCUT2D eigenvalue weighted by atomic mass is 19.4. The SMILES string of the molecule is COc1ccc(C(=O)N(OC(=O)C(F)(F)F)C2CC(N)C2)cc1. The summed E-state index contributed by atoms with van der Waals surface area (Å²) in [4.78, 5) is 27.7. The summed E-state index contributed by atoms with van der Waals surface area (Å²) in [5, 5.41) is 0.459. The van der Waals surface area contributed by atoms with Gasteiger partial charge in [0.15, 0.2) is 0 Å². The summed E-state index contributed by atoms with van der Waals surface area (Å²) in [6.45, 7) is 0. The predicted octanol–water partition coefficient (Wildman–Crippen LogP) is 1.65. The van der Waals surface area contributed by atoms with Crippen molar-refractivity contribution in [1.82, 2.24) is 5.06 Å². The van der Waals surface area contributed by atoms with Crippen LogP contribution in [0.3, 0.4) is 0 Å². The molecule has 0 radical (unpaired) electrons. The Morgan fingerprint density at radius 2 is 1.78 bits per heavy atom. The van der Waals surface area contributed by atoms with E-state index in [0.717, 1.165) is 0 Å². The standard InChI is InChI=1S/C14H15F3N2O4/c1-22-11-4-2-8(3-5-11)12(20)19(10-6-9(18)7-10)23-13(21)14(15,16)17/h2-5,9-10H,6-7,18H2,1H3. The molecule has 126 valence electrons. The van der Waals surface area contributed by atoms with Crippen LogP contribution in [0.25, 0.3) is 0 Å². The van der Waals surface area contributed by atoms with Crippen molar-refractivity contribution in [3.8, 4) is 5.75 Å². The number of carbonyl (C=O) groups excluding carboxylic acids is 2. The number of benzene rings is 1. The second kappa shape index (κ2) is 6.45. The van der Waals surface area contributed by atoms with Gasteiger partial charge in [0.1, 0.15) is 5.75 Å². The van der Waals surface area contributed by atoms with Crippen LogP contribution in [0.1, 0.15) is 23.2 Å². The highest BCUT2D eigenvalue weighted by molar-refractivity contribution is 5.94. The third kappa shape index (κ3) is 3.92. The zero-order valence-electron chi connectivity index (χ0n) is 12.2. The van der Waals surface area contributed by atoms with Crippen molar-refractivity contribution < 1.29 is 32.3 Å². The van der Waals surface area contributed by atoms with Gasteiger partial charge in [-0.05, 0) is 37.1 Å². The highest BCUT2D eigenvalue weighted by Crippen LogP contribution is 2.28. The van der Waals surface area contributed by atoms with Crippen molar-refractivity contribution in [2.24, 2.45) is 5.73 Å². The zero-order chi connectivity index (χ0) is 17.2. The monoisotopic (exact) mass is 332 g/mol. The lowest BCUT2D eigenvalue weighted by atomic mass is 9.87. The number of rotatable bonds is 3. The molecular weight excluding hydrogens is 317 g/mol. The Morgan fingerprint density at radius 3 is 2.22 bits per heavy atom. The number of hydroxylamine groups is 2. The summed E-state index contributed by atoms with van der Waals surface area (Å²) in [5.41, 5.74) is 5.65. The molecule has 0 atom stereocenters. The Bertz CT molecular complexity index is 583. The largest absolute Gasteiger partial charge is 0.497 e. The van der Waals surface area contributed by atoms with Gasteiger partial charge in [0.25, 0.3) is 5.91 Å². The van der Waals surface area contributed by atoms with Gasteiger partial charge in [0.05, 0.1) is 13.2 Å². The van der Waals surface area contributed by atoms with Crippen molar-refractivity contribution >= 4 is 11.9 Å². The van der Waals surface area contributed by atoms with Crippen LogP contribution in [0, 0.1) is 0 Å². The Morgan fingerprint density at radius 1 is 1.22 bits per heavy atom. The number of carbonyl (C=O) groups is 2. The number of hydrogen-bond donors (Lipinski definition) is 1. The number of halogens is 3. The minimum atomic E-state index is -5.19. The molecule has 6 nitrogen and oxygen atoms in total. The van der Waals surface area contributed by atoms with E-state index in [1.165, 1.54) is 31.4 Å². The molecule has 0 spiro atoms. The van der Waals surface area contributed by atoms with Crippen LogP contribution in [-0.4, -0.2) is 42.3 Å². The fourth-order valence-corrected chi connectivity index (χ4v) is 2.11. The molecule has 0 aromatic heterocycles. The summed E-state index contributed by atoms with van der Waals surface area (Å²) in [6.07, 6.45) is -4.68. The first-order chi connectivity index (χ1) is 10.7. The summed E-state index contributed by atoms with van der Waals surface area (Å²) < 4.78 is 42.1. The van der Waals surface area contributed by atoms with Crippen LogP contribution >= 0.6 is 0 Å². The van der Waals surface area contributed by atoms with Gasteiger partial charge in [-0.25, -0.2) is 4.79 Å². The van der Waals surface area contributed by atoms with E-state index in [1.807, 2.05) is 0 Å². The third-order valence-electron chi connectivity index (χ3n) is 3.43. The van der Waals surface area contributed by atoms with E-state index in [0.29, 0.717) is 10.8 Å². The minimum absolute atomic E-state index is 0.0706. The molecule has 1 aliphatic carbocycles. The van der Waals surface area contributed by atoms with Crippen molar-refractivity contribution in [3.05, 3.63) is 29.8 Å². The van der Waals surface area contributed by atoms with Gasteiger partial charge in [-0.2, -0.15) is 18.2 Å². The van der Waals surface area contributed by atoms with Crippen molar-refractivity contribution in [3.63, 3.8) is 0 Å². The van der Waals surface area contributed by atoms with E-state index >= 15 is 0 Å². The van der Waals surface area contributed by atoms with Crippen LogP contribution in [0.4, 0.5) is 13.2 Å². The number of alkyl halides is 3. The third-order valence-corrected chi connectivity index (χ3v) is 3.43. The van der Waals surface area contributed by atoms with Gasteiger partial charge < -0.3 is 15.3 Å². The second-order valence-electron chi connectivity index (χ2n) is 5.12. The molecule has 23 heavy (non-hydrogen) atoms. The molecule has 1 amide bonds. The zero-order valence-corrected chi connectivity index (χ0v) is 12.2. The van der Waals surface area contributed by atoms with Crippen LogP contribution in [0.2, 0.25) is 0 Å². The van der Waals surface area contributed by atoms with E-state index in [4.69, 9.17) is 10.5 Å². The fourth-order valence-electron chi connectivity index (χ4n) is 2.11. The lowest BCUT2D eigenvalue weighted by Gasteiger charge is -2.39. The first-order valence-corrected chi connectivity index (χ1v) is 6.74. The number of amides is 1. The molecular formula is C14H15F3N2O4. The summed E-state index contributed by atoms with van der Waals surface area (Å²) in [5.74, 6) is -2.81. The van der Waals surface area contributed by atoms with Gasteiger partial charge in [-0.15, -0.1) is 0 Å². The molecule has 2 N–H and O–H groups in total. The van der Waals surface area contributed by atoms with E-state index < -0.39 is 24.1 Å². The van der Waals surface area contributed by atoms with E-state index in [-0.39, 0.29) is 24.4 Å². The molecule has 0 bridgehead atoms. The molecule has 0 heterocycles. The van der Waals surface area contributed by atoms with Crippen LogP contribution < -0.4 is 10.5 Å². The topological polar surface area (TPSA) is 81.9 Å². The second-order valence-corrected chi connectivity index (χ2v) is 5.12. The van der Waals surface area contributed by atoms with Crippen molar-refractivity contribution in [2.45, 2.75) is 31.1 Å². The van der Waals surface area contributed by atoms with Gasteiger partial charge in [0, 0.05) is 11.6 Å². The number of hydrogen-bond acceptors (Lipinski definition) is 5. The molecule has 2 rings (SSSR count). The Kier molecular flexibility index (Phi) is 4.79. The molecule has 9 heteroatoms. The van der Waals surface area contributed by atoms with Gasteiger partial charge >= 0.3 is 12.1 Å². The first-order valence-electron chi connectivity index (χ1n) is 6.74. The highest BCUT2D eigenvalue weighted by Gasteiger charge is 2.46. The first kappa shape index (κ1) is 17.1. The van der Waals surface area contributed by atoms with Crippen molar-refractivity contribution in [2.75, 3.05) is 7.11 Å². The molecule has 0 unspecified atom stereocenters.